The first kappa shape index (κ1) is 24.1. The number of hydrogen-bond donors (Lipinski definition) is 0. The van der Waals surface area contributed by atoms with Crippen LogP contribution in [0.1, 0.15) is 44.0 Å². The molecule has 0 aliphatic carbocycles. The van der Waals surface area contributed by atoms with Crippen molar-refractivity contribution in [3.63, 3.8) is 0 Å². The molecule has 1 aromatic carbocycles. The average Bonchev–Trinajstić information content (AvgIpc) is 2.87. The van der Waals surface area contributed by atoms with Crippen molar-refractivity contribution in [2.75, 3.05) is 24.6 Å². The number of anilines is 1. The molecule has 0 saturated carbocycles. The van der Waals surface area contributed by atoms with Crippen LogP contribution in [-0.2, 0) is 7.05 Å². The summed E-state index contributed by atoms with van der Waals surface area (Å²) in [7, 11) is 1.64. The number of ether oxygens (including phenoxy) is 1. The van der Waals surface area contributed by atoms with Crippen molar-refractivity contribution in [3.05, 3.63) is 63.3 Å². The number of nitrogens with zero attached hydrogens (tertiary/aromatic N) is 5. The van der Waals surface area contributed by atoms with E-state index in [1.54, 1.807) is 19.2 Å². The third kappa shape index (κ3) is 3.69. The SMILES string of the molecule is CC[C@@H]1CN2c3c(c(=O)n(C)c4ccc(C#N)nc34)OC[C@@H]2CN1[C@@H](CC)c1c(F)cc(F)cc1F. The first-order valence-electron chi connectivity index (χ1n) is 12.0. The molecule has 2 aliphatic heterocycles. The highest BCUT2D eigenvalue weighted by Gasteiger charge is 2.42. The topological polar surface area (TPSA) is 74.4 Å². The Labute approximate surface area is 206 Å². The highest BCUT2D eigenvalue weighted by atomic mass is 19.1. The normalized spacial score (nSPS) is 20.4. The number of halogens is 3. The second kappa shape index (κ2) is 9.13. The first-order valence-corrected chi connectivity index (χ1v) is 12.0. The monoisotopic (exact) mass is 497 g/mol. The molecule has 0 spiro atoms. The maximum atomic E-state index is 14.8. The van der Waals surface area contributed by atoms with Crippen molar-refractivity contribution in [2.45, 2.75) is 44.8 Å². The summed E-state index contributed by atoms with van der Waals surface area (Å²) in [6.45, 7) is 4.95. The van der Waals surface area contributed by atoms with Crippen molar-refractivity contribution in [3.8, 4) is 11.8 Å². The van der Waals surface area contributed by atoms with Crippen LogP contribution in [0.25, 0.3) is 11.0 Å². The third-order valence-electron chi connectivity index (χ3n) is 7.37. The number of piperazine rings is 1. The van der Waals surface area contributed by atoms with Gasteiger partial charge in [0.1, 0.15) is 47.0 Å². The molecule has 1 saturated heterocycles. The van der Waals surface area contributed by atoms with Gasteiger partial charge in [-0.15, -0.1) is 0 Å². The number of pyridine rings is 2. The summed E-state index contributed by atoms with van der Waals surface area (Å²) in [5.41, 5.74) is 1.43. The molecule has 4 heterocycles. The molecular weight excluding hydrogens is 471 g/mol. The molecule has 2 aliphatic rings. The fourth-order valence-electron chi connectivity index (χ4n) is 5.62. The van der Waals surface area contributed by atoms with Crippen molar-refractivity contribution >= 4 is 16.7 Å². The van der Waals surface area contributed by atoms with Gasteiger partial charge in [0.2, 0.25) is 5.75 Å². The standard InChI is InChI=1S/C26H26F3N5O2/c1-4-16-11-34-17(12-33(16)20(5-2)22-18(28)8-14(27)9-19(22)29)13-36-25-24(34)23-21(32(3)26(25)35)7-6-15(10-30)31-23/h6-9,16-17,20H,4-5,11-13H2,1-3H3/t16-,17+,20+/m1/s1. The summed E-state index contributed by atoms with van der Waals surface area (Å²) >= 11 is 0. The van der Waals surface area contributed by atoms with Gasteiger partial charge in [-0.3, -0.25) is 9.69 Å². The largest absolute Gasteiger partial charge is 0.484 e. The lowest BCUT2D eigenvalue weighted by Crippen LogP contribution is -2.62. The van der Waals surface area contributed by atoms with E-state index in [2.05, 4.69) is 20.9 Å². The van der Waals surface area contributed by atoms with Crippen LogP contribution in [0.15, 0.2) is 29.1 Å². The van der Waals surface area contributed by atoms with Crippen LogP contribution >= 0.6 is 0 Å². The summed E-state index contributed by atoms with van der Waals surface area (Å²) in [5.74, 6) is -2.56. The second-order valence-corrected chi connectivity index (χ2v) is 9.30. The number of nitriles is 1. The zero-order valence-electron chi connectivity index (χ0n) is 20.3. The molecule has 0 N–H and O–H groups in total. The predicted octanol–water partition coefficient (Wildman–Crippen LogP) is 4.04. The molecule has 0 bridgehead atoms. The van der Waals surface area contributed by atoms with E-state index in [-0.39, 0.29) is 41.3 Å². The maximum absolute atomic E-state index is 14.8. The van der Waals surface area contributed by atoms with Gasteiger partial charge < -0.3 is 14.2 Å². The third-order valence-corrected chi connectivity index (χ3v) is 7.37. The summed E-state index contributed by atoms with van der Waals surface area (Å²) in [6, 6.07) is 5.84. The van der Waals surface area contributed by atoms with Gasteiger partial charge >= 0.3 is 0 Å². The van der Waals surface area contributed by atoms with Crippen molar-refractivity contribution in [1.29, 1.82) is 5.26 Å². The Balaban J connectivity index is 1.60. The molecule has 188 valence electrons. The van der Waals surface area contributed by atoms with E-state index in [9.17, 15) is 23.2 Å². The minimum atomic E-state index is -0.949. The van der Waals surface area contributed by atoms with Crippen molar-refractivity contribution in [2.24, 2.45) is 7.05 Å². The van der Waals surface area contributed by atoms with Gasteiger partial charge in [0.25, 0.3) is 5.56 Å². The number of aryl methyl sites for hydroxylation is 1. The number of hydrogen-bond acceptors (Lipinski definition) is 6. The molecule has 10 heteroatoms. The molecular formula is C26H26F3N5O2. The summed E-state index contributed by atoms with van der Waals surface area (Å²) in [6.07, 6.45) is 1.11. The molecule has 7 nitrogen and oxygen atoms in total. The summed E-state index contributed by atoms with van der Waals surface area (Å²) in [4.78, 5) is 21.8. The molecule has 0 unspecified atom stereocenters. The van der Waals surface area contributed by atoms with Gasteiger partial charge in [-0.1, -0.05) is 13.8 Å². The van der Waals surface area contributed by atoms with E-state index in [4.69, 9.17) is 4.74 Å². The highest BCUT2D eigenvalue weighted by molar-refractivity contribution is 5.93. The van der Waals surface area contributed by atoms with Gasteiger partial charge in [0, 0.05) is 49.9 Å². The van der Waals surface area contributed by atoms with Crippen LogP contribution in [0.2, 0.25) is 0 Å². The number of benzene rings is 1. The van der Waals surface area contributed by atoms with Gasteiger partial charge in [-0.2, -0.15) is 5.26 Å². The Morgan fingerprint density at radius 2 is 1.92 bits per heavy atom. The molecule has 3 atom stereocenters. The van der Waals surface area contributed by atoms with Gasteiger partial charge in [0.05, 0.1) is 11.6 Å². The van der Waals surface area contributed by atoms with Crippen LogP contribution < -0.4 is 15.2 Å². The number of rotatable bonds is 4. The van der Waals surface area contributed by atoms with Gasteiger partial charge in [0.15, 0.2) is 0 Å². The zero-order chi connectivity index (χ0) is 25.7. The van der Waals surface area contributed by atoms with Crippen LogP contribution in [0.4, 0.5) is 18.9 Å². The van der Waals surface area contributed by atoms with E-state index < -0.39 is 23.5 Å². The lowest BCUT2D eigenvalue weighted by molar-refractivity contribution is 0.0688. The Kier molecular flexibility index (Phi) is 6.12. The quantitative estimate of drug-likeness (QED) is 0.542. The Morgan fingerprint density at radius 3 is 2.56 bits per heavy atom. The van der Waals surface area contributed by atoms with Crippen LogP contribution in [0.5, 0.6) is 5.75 Å². The smallest absolute Gasteiger partial charge is 0.295 e. The molecule has 0 amide bonds. The van der Waals surface area contributed by atoms with Crippen LogP contribution in [0, 0.1) is 28.8 Å². The van der Waals surface area contributed by atoms with E-state index >= 15 is 0 Å². The Morgan fingerprint density at radius 1 is 1.19 bits per heavy atom. The minimum Gasteiger partial charge on any atom is -0.484 e. The molecule has 0 radical (unpaired) electrons. The highest BCUT2D eigenvalue weighted by Crippen LogP contribution is 2.41. The lowest BCUT2D eigenvalue weighted by atomic mass is 9.94. The maximum Gasteiger partial charge on any atom is 0.295 e. The fraction of sp³-hybridized carbons (Fsp3) is 0.423. The summed E-state index contributed by atoms with van der Waals surface area (Å²) in [5, 5.41) is 9.41. The Hall–Kier alpha value is -3.58. The molecule has 3 aromatic rings. The van der Waals surface area contributed by atoms with Gasteiger partial charge in [-0.25, -0.2) is 18.2 Å². The average molecular weight is 498 g/mol. The Bertz CT molecular complexity index is 1430. The predicted molar refractivity (Wildman–Crippen MR) is 128 cm³/mol. The second-order valence-electron chi connectivity index (χ2n) is 9.30. The van der Waals surface area contributed by atoms with Crippen LogP contribution in [-0.4, -0.2) is 46.2 Å². The van der Waals surface area contributed by atoms with Crippen molar-refractivity contribution < 1.29 is 17.9 Å². The molecule has 5 rings (SSSR count). The molecule has 1 fully saturated rings. The summed E-state index contributed by atoms with van der Waals surface area (Å²) < 4.78 is 50.6. The minimum absolute atomic E-state index is 0.112. The number of aromatic nitrogens is 2. The lowest BCUT2D eigenvalue weighted by Gasteiger charge is -2.51. The van der Waals surface area contributed by atoms with E-state index in [1.807, 2.05) is 13.8 Å². The number of fused-ring (bicyclic) bond motifs is 5. The fourth-order valence-corrected chi connectivity index (χ4v) is 5.62. The first-order chi connectivity index (χ1) is 17.3. The zero-order valence-corrected chi connectivity index (χ0v) is 20.3. The molecule has 2 aromatic heterocycles. The van der Waals surface area contributed by atoms with E-state index in [0.29, 0.717) is 42.7 Å². The van der Waals surface area contributed by atoms with Gasteiger partial charge in [-0.05, 0) is 25.0 Å². The van der Waals surface area contributed by atoms with E-state index in [1.165, 1.54) is 4.57 Å². The van der Waals surface area contributed by atoms with E-state index in [0.717, 1.165) is 12.1 Å². The van der Waals surface area contributed by atoms with Crippen molar-refractivity contribution in [1.82, 2.24) is 14.5 Å². The van der Waals surface area contributed by atoms with Crippen LogP contribution in [0.3, 0.4) is 0 Å². The molecule has 36 heavy (non-hydrogen) atoms.